The Morgan fingerprint density at radius 2 is 2.04 bits per heavy atom. The van der Waals surface area contributed by atoms with Gasteiger partial charge in [0.05, 0.1) is 5.56 Å². The van der Waals surface area contributed by atoms with Crippen LogP contribution in [-0.2, 0) is 17.8 Å². The summed E-state index contributed by atoms with van der Waals surface area (Å²) in [5.41, 5.74) is 1.14. The summed E-state index contributed by atoms with van der Waals surface area (Å²) in [7, 11) is 0. The Kier molecular flexibility index (Phi) is 6.20. The number of aryl methyl sites for hydroxylation is 1. The molecule has 6 nitrogen and oxygen atoms in total. The number of carboxylic acids is 1. The molecule has 25 heavy (non-hydrogen) atoms. The van der Waals surface area contributed by atoms with E-state index in [0.717, 1.165) is 30.2 Å². The molecule has 2 aromatic rings. The second kappa shape index (κ2) is 8.16. The van der Waals surface area contributed by atoms with Crippen molar-refractivity contribution in [1.29, 1.82) is 0 Å². The van der Waals surface area contributed by atoms with Crippen molar-refractivity contribution in [2.75, 3.05) is 0 Å². The van der Waals surface area contributed by atoms with Crippen molar-refractivity contribution in [3.63, 3.8) is 0 Å². The maximum absolute atomic E-state index is 11.9. The second-order valence-electron chi connectivity index (χ2n) is 6.57. The fourth-order valence-electron chi connectivity index (χ4n) is 2.90. The van der Waals surface area contributed by atoms with E-state index in [1.54, 1.807) is 26.0 Å². The minimum absolute atomic E-state index is 0.0244. The predicted octanol–water partition coefficient (Wildman–Crippen LogP) is 3.04. The minimum Gasteiger partial charge on any atom is -0.507 e. The molecule has 0 fully saturated rings. The molecule has 0 radical (unpaired) electrons. The van der Waals surface area contributed by atoms with Crippen LogP contribution in [0.1, 0.15) is 44.7 Å². The summed E-state index contributed by atoms with van der Waals surface area (Å²) in [5, 5.41) is 23.2. The smallest absolute Gasteiger partial charge is 0.336 e. The molecule has 0 amide bonds. The lowest BCUT2D eigenvalue weighted by atomic mass is 10.0. The fraction of sp³-hybridized carbons (Fsp3) is 0.474. The van der Waals surface area contributed by atoms with Gasteiger partial charge in [0.25, 0.3) is 0 Å². The Morgan fingerprint density at radius 1 is 1.32 bits per heavy atom. The first-order valence-corrected chi connectivity index (χ1v) is 8.58. The maximum atomic E-state index is 11.9. The van der Waals surface area contributed by atoms with Crippen molar-refractivity contribution in [2.45, 2.75) is 52.6 Å². The summed E-state index contributed by atoms with van der Waals surface area (Å²) in [5.74, 6) is -1.11. The van der Waals surface area contributed by atoms with Gasteiger partial charge in [-0.15, -0.1) is 0 Å². The van der Waals surface area contributed by atoms with Crippen molar-refractivity contribution in [1.82, 2.24) is 5.32 Å². The lowest BCUT2D eigenvalue weighted by Gasteiger charge is -2.19. The van der Waals surface area contributed by atoms with Gasteiger partial charge in [0.1, 0.15) is 17.4 Å². The van der Waals surface area contributed by atoms with Gasteiger partial charge in [0.15, 0.2) is 0 Å². The molecule has 0 aliphatic rings. The monoisotopic (exact) mass is 347 g/mol. The molecule has 1 atom stereocenters. The molecule has 0 aliphatic carbocycles. The molecule has 1 aromatic heterocycles. The lowest BCUT2D eigenvalue weighted by molar-refractivity contribution is -0.140. The third kappa shape index (κ3) is 4.39. The highest BCUT2D eigenvalue weighted by Crippen LogP contribution is 2.29. The first-order chi connectivity index (χ1) is 11.8. The number of phenolic OH excluding ortho intramolecular Hbond substituents is 1. The zero-order chi connectivity index (χ0) is 18.6. The largest absolute Gasteiger partial charge is 0.507 e. The zero-order valence-electron chi connectivity index (χ0n) is 14.8. The molecule has 0 spiro atoms. The van der Waals surface area contributed by atoms with E-state index in [1.165, 1.54) is 6.07 Å². The average Bonchev–Trinajstić information content (AvgIpc) is 2.53. The summed E-state index contributed by atoms with van der Waals surface area (Å²) in [6, 6.07) is 4.02. The van der Waals surface area contributed by atoms with Crippen molar-refractivity contribution in [3.05, 3.63) is 39.7 Å². The molecular formula is C19H25NO5. The van der Waals surface area contributed by atoms with E-state index in [9.17, 15) is 19.8 Å². The summed E-state index contributed by atoms with van der Waals surface area (Å²) < 4.78 is 5.34. The van der Waals surface area contributed by atoms with Gasteiger partial charge >= 0.3 is 11.6 Å². The molecule has 0 bridgehead atoms. The first kappa shape index (κ1) is 19.0. The number of carboxylic acid groups (broad SMARTS) is 1. The Balaban J connectivity index is 2.45. The molecule has 1 unspecified atom stereocenters. The number of hydrogen-bond acceptors (Lipinski definition) is 5. The van der Waals surface area contributed by atoms with Crippen LogP contribution >= 0.6 is 0 Å². The van der Waals surface area contributed by atoms with Crippen LogP contribution in [0.5, 0.6) is 5.75 Å². The third-order valence-electron chi connectivity index (χ3n) is 4.31. The number of rotatable bonds is 8. The van der Waals surface area contributed by atoms with E-state index < -0.39 is 17.6 Å². The summed E-state index contributed by atoms with van der Waals surface area (Å²) in [6.45, 7) is 5.78. The van der Waals surface area contributed by atoms with Gasteiger partial charge < -0.3 is 14.6 Å². The van der Waals surface area contributed by atoms with Gasteiger partial charge in [-0.25, -0.2) is 4.79 Å². The van der Waals surface area contributed by atoms with Crippen LogP contribution in [0.25, 0.3) is 11.0 Å². The van der Waals surface area contributed by atoms with Gasteiger partial charge in [-0.3, -0.25) is 10.1 Å². The van der Waals surface area contributed by atoms with E-state index in [-0.39, 0.29) is 18.2 Å². The summed E-state index contributed by atoms with van der Waals surface area (Å²) in [6.07, 6.45) is 2.70. The Morgan fingerprint density at radius 3 is 2.64 bits per heavy atom. The van der Waals surface area contributed by atoms with Crippen molar-refractivity contribution in [3.8, 4) is 5.75 Å². The number of carbonyl (C=O) groups is 1. The Labute approximate surface area is 146 Å². The van der Waals surface area contributed by atoms with Crippen LogP contribution in [0, 0.1) is 5.92 Å². The highest BCUT2D eigenvalue weighted by molar-refractivity contribution is 5.85. The number of hydrogen-bond donors (Lipinski definition) is 3. The molecule has 3 N–H and O–H groups in total. The standard InChI is InChI=1S/C19H25NO5/c1-4-5-6-12-9-16(22)25-18-13(12)7-8-15(21)14(18)10-20-17(11(2)3)19(23)24/h7-9,11,17,20-21H,4-6,10H2,1-3H3,(H,23,24). The van der Waals surface area contributed by atoms with Crippen molar-refractivity contribution < 1.29 is 19.4 Å². The molecule has 136 valence electrons. The fourth-order valence-corrected chi connectivity index (χ4v) is 2.90. The van der Waals surface area contributed by atoms with Crippen LogP contribution in [-0.4, -0.2) is 22.2 Å². The van der Waals surface area contributed by atoms with E-state index in [2.05, 4.69) is 12.2 Å². The zero-order valence-corrected chi connectivity index (χ0v) is 14.8. The van der Waals surface area contributed by atoms with E-state index >= 15 is 0 Å². The molecule has 1 heterocycles. The average molecular weight is 347 g/mol. The number of unbranched alkanes of at least 4 members (excludes halogenated alkanes) is 1. The highest BCUT2D eigenvalue weighted by Gasteiger charge is 2.22. The number of benzene rings is 1. The molecule has 0 aliphatic heterocycles. The van der Waals surface area contributed by atoms with Gasteiger partial charge in [-0.1, -0.05) is 27.2 Å². The van der Waals surface area contributed by atoms with Crippen LogP contribution in [0.4, 0.5) is 0 Å². The Hall–Kier alpha value is -2.34. The van der Waals surface area contributed by atoms with Crippen LogP contribution < -0.4 is 10.9 Å². The van der Waals surface area contributed by atoms with Crippen LogP contribution in [0.2, 0.25) is 0 Å². The summed E-state index contributed by atoms with van der Waals surface area (Å²) >= 11 is 0. The lowest BCUT2D eigenvalue weighted by Crippen LogP contribution is -2.40. The topological polar surface area (TPSA) is 99.8 Å². The van der Waals surface area contributed by atoms with Crippen molar-refractivity contribution >= 4 is 16.9 Å². The molecular weight excluding hydrogens is 322 g/mol. The van der Waals surface area contributed by atoms with Crippen molar-refractivity contribution in [2.24, 2.45) is 5.92 Å². The van der Waals surface area contributed by atoms with E-state index in [4.69, 9.17) is 4.42 Å². The van der Waals surface area contributed by atoms with Gasteiger partial charge in [-0.05, 0) is 36.5 Å². The van der Waals surface area contributed by atoms with Crippen LogP contribution in [0.15, 0.2) is 27.4 Å². The Bertz CT molecular complexity index is 809. The highest BCUT2D eigenvalue weighted by atomic mass is 16.4. The third-order valence-corrected chi connectivity index (χ3v) is 4.31. The van der Waals surface area contributed by atoms with E-state index in [0.29, 0.717) is 11.1 Å². The SMILES string of the molecule is CCCCc1cc(=O)oc2c(CNC(C(=O)O)C(C)C)c(O)ccc12. The van der Waals surface area contributed by atoms with Gasteiger partial charge in [0.2, 0.25) is 0 Å². The molecule has 0 saturated heterocycles. The first-order valence-electron chi connectivity index (χ1n) is 8.58. The normalized spacial score (nSPS) is 12.6. The number of aromatic hydroxyl groups is 1. The molecule has 2 rings (SSSR count). The van der Waals surface area contributed by atoms with Gasteiger partial charge in [0, 0.05) is 18.0 Å². The number of phenols is 1. The predicted molar refractivity (Wildman–Crippen MR) is 95.9 cm³/mol. The maximum Gasteiger partial charge on any atom is 0.336 e. The molecule has 0 saturated carbocycles. The van der Waals surface area contributed by atoms with Gasteiger partial charge in [-0.2, -0.15) is 0 Å². The minimum atomic E-state index is -0.959. The molecule has 6 heteroatoms. The quantitative estimate of drug-likeness (QED) is 0.635. The molecule has 1 aromatic carbocycles. The summed E-state index contributed by atoms with van der Waals surface area (Å²) in [4.78, 5) is 23.3. The van der Waals surface area contributed by atoms with Crippen LogP contribution in [0.3, 0.4) is 0 Å². The second-order valence-corrected chi connectivity index (χ2v) is 6.57. The number of fused-ring (bicyclic) bond motifs is 1. The number of nitrogens with one attached hydrogen (secondary N) is 1. The van der Waals surface area contributed by atoms with E-state index in [1.807, 2.05) is 0 Å². The number of aliphatic carboxylic acids is 1.